The minimum Gasteiger partial charge on any atom is -0.348 e. The van der Waals surface area contributed by atoms with Crippen molar-refractivity contribution < 1.29 is 9.47 Å². The third-order valence-electron chi connectivity index (χ3n) is 9.60. The smallest absolute Gasteiger partial charge is 0.168 e. The van der Waals surface area contributed by atoms with Crippen molar-refractivity contribution in [3.8, 4) is 0 Å². The molecule has 4 saturated carbocycles. The number of allylic oxidation sites excluding steroid dienone is 1. The Labute approximate surface area is 187 Å². The Hall–Kier alpha value is -0.340. The highest BCUT2D eigenvalue weighted by Crippen LogP contribution is 2.66. The minimum absolute atomic E-state index is 0.191. The van der Waals surface area contributed by atoms with Crippen LogP contribution in [0.5, 0.6) is 0 Å². The molecule has 0 aromatic carbocycles. The van der Waals surface area contributed by atoms with Crippen molar-refractivity contribution in [2.75, 3.05) is 13.2 Å². The monoisotopic (exact) mass is 418 g/mol. The minimum atomic E-state index is -0.191. The molecular formula is C28H50O2. The zero-order chi connectivity index (χ0) is 21.9. The number of fused-ring (bicyclic) bond motifs is 5. The van der Waals surface area contributed by atoms with Gasteiger partial charge in [-0.3, -0.25) is 0 Å². The van der Waals surface area contributed by atoms with Crippen LogP contribution in [0.25, 0.3) is 0 Å². The summed E-state index contributed by atoms with van der Waals surface area (Å²) in [6, 6.07) is 0. The molecule has 1 heterocycles. The summed E-state index contributed by atoms with van der Waals surface area (Å²) in [6.45, 7) is 18.9. The van der Waals surface area contributed by atoms with Crippen LogP contribution in [-0.4, -0.2) is 19.0 Å². The van der Waals surface area contributed by atoms with E-state index >= 15 is 0 Å². The Bertz CT molecular complexity index is 549. The summed E-state index contributed by atoms with van der Waals surface area (Å²) in [7, 11) is 0. The first kappa shape index (κ1) is 24.3. The molecule has 1 spiro atoms. The highest BCUT2D eigenvalue weighted by Gasteiger charge is 2.59. The highest BCUT2D eigenvalue weighted by molar-refractivity contribution is 5.14. The molecule has 7 unspecified atom stereocenters. The summed E-state index contributed by atoms with van der Waals surface area (Å²) in [5.74, 6) is 6.12. The predicted molar refractivity (Wildman–Crippen MR) is 127 cm³/mol. The molecule has 5 fully saturated rings. The average Bonchev–Trinajstić information content (AvgIpc) is 3.41. The molecule has 0 amide bonds. The molecule has 1 saturated heterocycles. The molecule has 0 aromatic rings. The third-order valence-corrected chi connectivity index (χ3v) is 9.60. The zero-order valence-corrected chi connectivity index (χ0v) is 20.9. The van der Waals surface area contributed by atoms with Crippen molar-refractivity contribution in [3.63, 3.8) is 0 Å². The van der Waals surface area contributed by atoms with E-state index in [0.717, 1.165) is 61.1 Å². The standard InChI is InChI=1S/C24H38O2.2C2H6/c1-4-23-11-9-19-18-10-12-24(25-13-14-26-24)15-17(18)5-6-20(19)22(23)8-7-21(23)16(2)3;2*1-2/h4,16-22H,1,5-15H2,2-3H3;2*1-2H3. The summed E-state index contributed by atoms with van der Waals surface area (Å²) in [5, 5.41) is 0. The summed E-state index contributed by atoms with van der Waals surface area (Å²) in [6.07, 6.45) is 14.7. The van der Waals surface area contributed by atoms with Crippen LogP contribution in [0.1, 0.15) is 99.3 Å². The molecule has 5 rings (SSSR count). The third kappa shape index (κ3) is 3.94. The van der Waals surface area contributed by atoms with Crippen molar-refractivity contribution in [2.45, 2.75) is 105 Å². The molecular weight excluding hydrogens is 368 g/mol. The van der Waals surface area contributed by atoms with Crippen molar-refractivity contribution >= 4 is 0 Å². The van der Waals surface area contributed by atoms with Crippen molar-refractivity contribution in [1.82, 2.24) is 0 Å². The topological polar surface area (TPSA) is 18.5 Å². The zero-order valence-electron chi connectivity index (χ0n) is 20.9. The van der Waals surface area contributed by atoms with E-state index in [9.17, 15) is 0 Å². The maximum atomic E-state index is 6.07. The maximum Gasteiger partial charge on any atom is 0.168 e. The second kappa shape index (κ2) is 10.1. The van der Waals surface area contributed by atoms with Crippen LogP contribution in [-0.2, 0) is 9.47 Å². The first-order valence-corrected chi connectivity index (χ1v) is 13.5. The first-order valence-electron chi connectivity index (χ1n) is 13.5. The van der Waals surface area contributed by atoms with Crippen LogP contribution in [0.15, 0.2) is 12.7 Å². The van der Waals surface area contributed by atoms with Gasteiger partial charge in [0, 0.05) is 12.8 Å². The van der Waals surface area contributed by atoms with Crippen LogP contribution in [0.4, 0.5) is 0 Å². The molecule has 0 bridgehead atoms. The summed E-state index contributed by atoms with van der Waals surface area (Å²) in [4.78, 5) is 0. The predicted octanol–water partition coefficient (Wildman–Crippen LogP) is 7.87. The Morgan fingerprint density at radius 1 is 0.800 bits per heavy atom. The van der Waals surface area contributed by atoms with Crippen molar-refractivity contribution in [3.05, 3.63) is 12.7 Å². The van der Waals surface area contributed by atoms with Crippen LogP contribution >= 0.6 is 0 Å². The molecule has 2 nitrogen and oxygen atoms in total. The maximum absolute atomic E-state index is 6.07. The Balaban J connectivity index is 0.000000606. The fourth-order valence-corrected chi connectivity index (χ4v) is 8.71. The Morgan fingerprint density at radius 2 is 1.47 bits per heavy atom. The molecule has 2 heteroatoms. The van der Waals surface area contributed by atoms with Crippen LogP contribution in [0, 0.1) is 46.8 Å². The van der Waals surface area contributed by atoms with Gasteiger partial charge in [-0.25, -0.2) is 0 Å². The number of ether oxygens (including phenoxy) is 2. The number of rotatable bonds is 2. The van der Waals surface area contributed by atoms with E-state index in [1.165, 1.54) is 51.4 Å². The van der Waals surface area contributed by atoms with E-state index < -0.39 is 0 Å². The Morgan fingerprint density at radius 3 is 2.10 bits per heavy atom. The number of hydrogen-bond acceptors (Lipinski definition) is 2. The summed E-state index contributed by atoms with van der Waals surface area (Å²) >= 11 is 0. The fourth-order valence-electron chi connectivity index (χ4n) is 8.71. The fraction of sp³-hybridized carbons (Fsp3) is 0.929. The lowest BCUT2D eigenvalue weighted by molar-refractivity contribution is -0.209. The normalized spacial score (nSPS) is 43.4. The molecule has 174 valence electrons. The molecule has 4 aliphatic carbocycles. The van der Waals surface area contributed by atoms with Gasteiger partial charge >= 0.3 is 0 Å². The molecule has 0 N–H and O–H groups in total. The van der Waals surface area contributed by atoms with Gasteiger partial charge < -0.3 is 9.47 Å². The molecule has 0 radical (unpaired) electrons. The van der Waals surface area contributed by atoms with Crippen LogP contribution in [0.3, 0.4) is 0 Å². The second-order valence-electron chi connectivity index (χ2n) is 10.6. The first-order chi connectivity index (χ1) is 14.6. The highest BCUT2D eigenvalue weighted by atomic mass is 16.7. The van der Waals surface area contributed by atoms with Crippen molar-refractivity contribution in [2.24, 2.45) is 46.8 Å². The van der Waals surface area contributed by atoms with Gasteiger partial charge in [-0.1, -0.05) is 47.6 Å². The molecule has 7 atom stereocenters. The molecule has 0 aromatic heterocycles. The van der Waals surface area contributed by atoms with Gasteiger partial charge in [0.05, 0.1) is 13.2 Å². The number of hydrogen-bond donors (Lipinski definition) is 0. The van der Waals surface area contributed by atoms with E-state index in [2.05, 4.69) is 26.5 Å². The van der Waals surface area contributed by atoms with Gasteiger partial charge in [0.1, 0.15) is 0 Å². The van der Waals surface area contributed by atoms with Gasteiger partial charge in [-0.2, -0.15) is 0 Å². The van der Waals surface area contributed by atoms with E-state index in [-0.39, 0.29) is 5.79 Å². The second-order valence-corrected chi connectivity index (χ2v) is 10.6. The SMILES string of the molecule is C=CC12CCC3C4CCC5(CC4CCC3C1CCC2C(C)C)OCCO5.CC.CC. The van der Waals surface area contributed by atoms with E-state index in [1.807, 2.05) is 27.7 Å². The molecule has 30 heavy (non-hydrogen) atoms. The molecule has 5 aliphatic rings. The lowest BCUT2D eigenvalue weighted by atomic mass is 9.48. The summed E-state index contributed by atoms with van der Waals surface area (Å²) in [5.41, 5.74) is 0.454. The van der Waals surface area contributed by atoms with E-state index in [4.69, 9.17) is 9.47 Å². The Kier molecular flexibility index (Phi) is 8.16. The van der Waals surface area contributed by atoms with Gasteiger partial charge in [0.15, 0.2) is 5.79 Å². The van der Waals surface area contributed by atoms with Gasteiger partial charge in [-0.15, -0.1) is 6.58 Å². The van der Waals surface area contributed by atoms with E-state index in [1.54, 1.807) is 0 Å². The van der Waals surface area contributed by atoms with Gasteiger partial charge in [-0.05, 0) is 91.8 Å². The van der Waals surface area contributed by atoms with Crippen molar-refractivity contribution in [1.29, 1.82) is 0 Å². The van der Waals surface area contributed by atoms with Gasteiger partial charge in [0.25, 0.3) is 0 Å². The van der Waals surface area contributed by atoms with Gasteiger partial charge in [0.2, 0.25) is 0 Å². The summed E-state index contributed by atoms with van der Waals surface area (Å²) < 4.78 is 12.1. The quantitative estimate of drug-likeness (QED) is 0.425. The average molecular weight is 419 g/mol. The lowest BCUT2D eigenvalue weighted by Gasteiger charge is -2.57. The van der Waals surface area contributed by atoms with Crippen LogP contribution in [0.2, 0.25) is 0 Å². The van der Waals surface area contributed by atoms with E-state index in [0.29, 0.717) is 5.41 Å². The largest absolute Gasteiger partial charge is 0.348 e. The van der Waals surface area contributed by atoms with Crippen LogP contribution < -0.4 is 0 Å². The molecule has 1 aliphatic heterocycles. The lowest BCUT2D eigenvalue weighted by Crippen LogP contribution is -2.51.